The number of halogens is 1. The quantitative estimate of drug-likeness (QED) is 0.856. The third kappa shape index (κ3) is 3.51. The first-order chi connectivity index (χ1) is 8.70. The lowest BCUT2D eigenvalue weighted by Gasteiger charge is -2.24. The van der Waals surface area contributed by atoms with E-state index in [9.17, 15) is 0 Å². The summed E-state index contributed by atoms with van der Waals surface area (Å²) in [5.74, 6) is 4.21. The van der Waals surface area contributed by atoms with Crippen LogP contribution in [0, 0.1) is 6.92 Å². The Morgan fingerprint density at radius 3 is 2.94 bits per heavy atom. The SMILES string of the molecule is CCCc1nc(Cl)c(C)c(NC2CCCSC2)n1. The predicted octanol–water partition coefficient (Wildman–Crippen LogP) is 3.70. The lowest BCUT2D eigenvalue weighted by Crippen LogP contribution is -2.27. The van der Waals surface area contributed by atoms with E-state index in [2.05, 4.69) is 22.2 Å². The van der Waals surface area contributed by atoms with Crippen molar-refractivity contribution in [3.8, 4) is 0 Å². The van der Waals surface area contributed by atoms with Gasteiger partial charge in [-0.1, -0.05) is 18.5 Å². The van der Waals surface area contributed by atoms with Gasteiger partial charge in [0.25, 0.3) is 0 Å². The monoisotopic (exact) mass is 285 g/mol. The van der Waals surface area contributed by atoms with Crippen LogP contribution in [0.3, 0.4) is 0 Å². The molecule has 1 aromatic rings. The zero-order valence-electron chi connectivity index (χ0n) is 11.0. The minimum Gasteiger partial charge on any atom is -0.366 e. The van der Waals surface area contributed by atoms with Crippen molar-refractivity contribution in [1.29, 1.82) is 0 Å². The number of nitrogens with zero attached hydrogens (tertiary/aromatic N) is 2. The summed E-state index contributed by atoms with van der Waals surface area (Å²) in [6.07, 6.45) is 4.42. The Bertz CT molecular complexity index is 405. The maximum absolute atomic E-state index is 6.18. The topological polar surface area (TPSA) is 37.8 Å². The molecular weight excluding hydrogens is 266 g/mol. The Morgan fingerprint density at radius 2 is 2.28 bits per heavy atom. The molecule has 0 aromatic carbocycles. The first-order valence-corrected chi connectivity index (χ1v) is 8.11. The molecule has 1 saturated heterocycles. The zero-order valence-corrected chi connectivity index (χ0v) is 12.6. The van der Waals surface area contributed by atoms with Crippen molar-refractivity contribution in [2.75, 3.05) is 16.8 Å². The van der Waals surface area contributed by atoms with Crippen LogP contribution >= 0.6 is 23.4 Å². The van der Waals surface area contributed by atoms with Crippen LogP contribution < -0.4 is 5.32 Å². The number of nitrogens with one attached hydrogen (secondary N) is 1. The van der Waals surface area contributed by atoms with Crippen LogP contribution in [0.5, 0.6) is 0 Å². The zero-order chi connectivity index (χ0) is 13.0. The van der Waals surface area contributed by atoms with Gasteiger partial charge in [0.1, 0.15) is 16.8 Å². The molecule has 1 N–H and O–H groups in total. The Kier molecular flexibility index (Phi) is 5.13. The number of aryl methyl sites for hydroxylation is 1. The first kappa shape index (κ1) is 13.9. The number of hydrogen-bond donors (Lipinski definition) is 1. The maximum atomic E-state index is 6.18. The standard InChI is InChI=1S/C13H20ClN3S/c1-3-5-11-16-12(14)9(2)13(17-11)15-10-6-4-7-18-8-10/h10H,3-8H2,1-2H3,(H,15,16,17). The highest BCUT2D eigenvalue weighted by Crippen LogP contribution is 2.24. The average molecular weight is 286 g/mol. The molecule has 0 bridgehead atoms. The second kappa shape index (κ2) is 6.62. The van der Waals surface area contributed by atoms with Crippen LogP contribution in [-0.4, -0.2) is 27.5 Å². The molecule has 3 nitrogen and oxygen atoms in total. The highest BCUT2D eigenvalue weighted by atomic mass is 35.5. The second-order valence-electron chi connectivity index (χ2n) is 4.71. The van der Waals surface area contributed by atoms with Gasteiger partial charge in [-0.3, -0.25) is 0 Å². The van der Waals surface area contributed by atoms with Crippen molar-refractivity contribution in [1.82, 2.24) is 9.97 Å². The summed E-state index contributed by atoms with van der Waals surface area (Å²) in [7, 11) is 0. The van der Waals surface area contributed by atoms with E-state index in [1.807, 2.05) is 18.7 Å². The molecule has 0 amide bonds. The van der Waals surface area contributed by atoms with E-state index in [-0.39, 0.29) is 0 Å². The second-order valence-corrected chi connectivity index (χ2v) is 6.22. The molecule has 1 aliphatic rings. The summed E-state index contributed by atoms with van der Waals surface area (Å²) < 4.78 is 0. The number of anilines is 1. The molecule has 0 saturated carbocycles. The summed E-state index contributed by atoms with van der Waals surface area (Å²) in [6, 6.07) is 0.517. The third-order valence-corrected chi connectivity index (χ3v) is 4.69. The van der Waals surface area contributed by atoms with E-state index in [4.69, 9.17) is 11.6 Å². The smallest absolute Gasteiger partial charge is 0.137 e. The fourth-order valence-electron chi connectivity index (χ4n) is 2.06. The lowest BCUT2D eigenvalue weighted by atomic mass is 10.2. The molecule has 0 spiro atoms. The van der Waals surface area contributed by atoms with E-state index in [1.54, 1.807) is 0 Å². The minimum absolute atomic E-state index is 0.517. The van der Waals surface area contributed by atoms with Gasteiger partial charge >= 0.3 is 0 Å². The van der Waals surface area contributed by atoms with Crippen molar-refractivity contribution in [2.24, 2.45) is 0 Å². The van der Waals surface area contributed by atoms with Gasteiger partial charge in [0.05, 0.1) is 0 Å². The molecule has 100 valence electrons. The van der Waals surface area contributed by atoms with Crippen LogP contribution in [0.1, 0.15) is 37.6 Å². The van der Waals surface area contributed by atoms with Gasteiger partial charge in [0.2, 0.25) is 0 Å². The van der Waals surface area contributed by atoms with Gasteiger partial charge in [-0.05, 0) is 31.9 Å². The van der Waals surface area contributed by atoms with Gasteiger partial charge in [0.15, 0.2) is 0 Å². The van der Waals surface area contributed by atoms with E-state index < -0.39 is 0 Å². The summed E-state index contributed by atoms with van der Waals surface area (Å²) in [5, 5.41) is 4.12. The predicted molar refractivity (Wildman–Crippen MR) is 79.7 cm³/mol. The van der Waals surface area contributed by atoms with Gasteiger partial charge in [-0.25, -0.2) is 9.97 Å². The van der Waals surface area contributed by atoms with Crippen LogP contribution in [0.4, 0.5) is 5.82 Å². The molecular formula is C13H20ClN3S. The molecule has 1 aliphatic heterocycles. The highest BCUT2D eigenvalue weighted by Gasteiger charge is 2.16. The molecule has 2 rings (SSSR count). The van der Waals surface area contributed by atoms with Crippen molar-refractivity contribution in [3.05, 3.63) is 16.5 Å². The van der Waals surface area contributed by atoms with Gasteiger partial charge in [0, 0.05) is 23.8 Å². The van der Waals surface area contributed by atoms with Crippen LogP contribution in [0.25, 0.3) is 0 Å². The lowest BCUT2D eigenvalue weighted by molar-refractivity contribution is 0.679. The van der Waals surface area contributed by atoms with E-state index >= 15 is 0 Å². The Hall–Kier alpha value is -0.480. The van der Waals surface area contributed by atoms with Crippen molar-refractivity contribution >= 4 is 29.2 Å². The number of thioether (sulfide) groups is 1. The van der Waals surface area contributed by atoms with Crippen LogP contribution in [0.2, 0.25) is 5.15 Å². The van der Waals surface area contributed by atoms with Gasteiger partial charge < -0.3 is 5.32 Å². The Labute approximate surface area is 118 Å². The van der Waals surface area contributed by atoms with E-state index in [0.717, 1.165) is 35.8 Å². The van der Waals surface area contributed by atoms with Crippen molar-refractivity contribution in [3.63, 3.8) is 0 Å². The molecule has 0 aliphatic carbocycles. The molecule has 1 aromatic heterocycles. The third-order valence-electron chi connectivity index (χ3n) is 3.11. The summed E-state index contributed by atoms with van der Waals surface area (Å²) in [6.45, 7) is 4.11. The first-order valence-electron chi connectivity index (χ1n) is 6.58. The summed E-state index contributed by atoms with van der Waals surface area (Å²) in [4.78, 5) is 8.93. The fourth-order valence-corrected chi connectivity index (χ4v) is 3.32. The largest absolute Gasteiger partial charge is 0.366 e. The normalized spacial score (nSPS) is 19.8. The Morgan fingerprint density at radius 1 is 1.44 bits per heavy atom. The van der Waals surface area contributed by atoms with Gasteiger partial charge in [-0.2, -0.15) is 11.8 Å². The van der Waals surface area contributed by atoms with Crippen LogP contribution in [0.15, 0.2) is 0 Å². The van der Waals surface area contributed by atoms with Crippen molar-refractivity contribution in [2.45, 2.75) is 45.6 Å². The number of rotatable bonds is 4. The molecule has 1 unspecified atom stereocenters. The molecule has 1 atom stereocenters. The number of aromatic nitrogens is 2. The van der Waals surface area contributed by atoms with E-state index in [0.29, 0.717) is 11.2 Å². The summed E-state index contributed by atoms with van der Waals surface area (Å²) in [5.41, 5.74) is 0.965. The number of hydrogen-bond acceptors (Lipinski definition) is 4. The molecule has 5 heteroatoms. The van der Waals surface area contributed by atoms with Gasteiger partial charge in [-0.15, -0.1) is 0 Å². The molecule has 18 heavy (non-hydrogen) atoms. The Balaban J connectivity index is 2.14. The highest BCUT2D eigenvalue weighted by molar-refractivity contribution is 7.99. The molecule has 1 fully saturated rings. The molecule has 2 heterocycles. The minimum atomic E-state index is 0.517. The van der Waals surface area contributed by atoms with Crippen molar-refractivity contribution < 1.29 is 0 Å². The maximum Gasteiger partial charge on any atom is 0.137 e. The molecule has 0 radical (unpaired) electrons. The summed E-state index contributed by atoms with van der Waals surface area (Å²) >= 11 is 8.18. The van der Waals surface area contributed by atoms with Crippen LogP contribution in [-0.2, 0) is 6.42 Å². The average Bonchev–Trinajstić information content (AvgIpc) is 2.37. The van der Waals surface area contributed by atoms with E-state index in [1.165, 1.54) is 18.6 Å². The fraction of sp³-hybridized carbons (Fsp3) is 0.692.